The first-order chi connectivity index (χ1) is 14.3. The summed E-state index contributed by atoms with van der Waals surface area (Å²) >= 11 is 1.57. The Morgan fingerprint density at radius 2 is 1.80 bits per heavy atom. The Balaban J connectivity index is 1.58. The van der Waals surface area contributed by atoms with Gasteiger partial charge in [0.05, 0.1) is 12.5 Å². The Morgan fingerprint density at radius 3 is 2.43 bits per heavy atom. The molecule has 162 valence electrons. The number of hydrogen-bond acceptors (Lipinski definition) is 6. The molecule has 7 heteroatoms. The monoisotopic (exact) mass is 431 g/mol. The van der Waals surface area contributed by atoms with Crippen LogP contribution in [0.2, 0.25) is 0 Å². The Labute approximate surface area is 181 Å². The summed E-state index contributed by atoms with van der Waals surface area (Å²) in [6.45, 7) is 7.28. The average Bonchev–Trinajstić information content (AvgIpc) is 3.21. The van der Waals surface area contributed by atoms with E-state index < -0.39 is 12.0 Å². The number of ether oxygens (including phenoxy) is 3. The Hall–Kier alpha value is -2.38. The molecule has 1 fully saturated rings. The van der Waals surface area contributed by atoms with Gasteiger partial charge in [0.15, 0.2) is 11.5 Å². The van der Waals surface area contributed by atoms with E-state index in [1.165, 1.54) is 0 Å². The van der Waals surface area contributed by atoms with Gasteiger partial charge in [0.2, 0.25) is 0 Å². The van der Waals surface area contributed by atoms with Crippen molar-refractivity contribution in [2.75, 3.05) is 26.1 Å². The number of nitrogens with one attached hydrogen (secondary N) is 1. The van der Waals surface area contributed by atoms with E-state index in [0.717, 1.165) is 16.9 Å². The highest BCUT2D eigenvalue weighted by atomic mass is 32.2. The molecule has 6 nitrogen and oxygen atoms in total. The van der Waals surface area contributed by atoms with Gasteiger partial charge < -0.3 is 19.3 Å². The quantitative estimate of drug-likeness (QED) is 0.606. The van der Waals surface area contributed by atoms with Crippen molar-refractivity contribution in [2.24, 2.45) is 0 Å². The summed E-state index contributed by atoms with van der Waals surface area (Å²) in [6.07, 6.45) is 0. The van der Waals surface area contributed by atoms with Gasteiger partial charge in [-0.15, -0.1) is 11.8 Å². The van der Waals surface area contributed by atoms with Gasteiger partial charge in [-0.1, -0.05) is 45.0 Å². The Morgan fingerprint density at radius 1 is 1.10 bits per heavy atom. The number of methoxy groups -OCH3 is 1. The van der Waals surface area contributed by atoms with Crippen LogP contribution in [0.25, 0.3) is 0 Å². The lowest BCUT2D eigenvalue weighted by atomic mass is 9.86. The molecule has 2 unspecified atom stereocenters. The molecule has 0 aromatic heterocycles. The van der Waals surface area contributed by atoms with Gasteiger partial charge in [0, 0.05) is 5.75 Å². The summed E-state index contributed by atoms with van der Waals surface area (Å²) in [7, 11) is 1.59. The van der Waals surface area contributed by atoms with Crippen molar-refractivity contribution in [1.82, 2.24) is 5.32 Å². The molecular formula is C23H29NO5S. The standard InChI is InChI=1S/C23H29NO5S/c1-23(2,3)16-7-5-6-8-18(16)28-11-12-29-19-10-9-15(13-20(19)27-4)21-24-17(14-30-21)22(25)26/h5-10,13,17,21,24H,11-12,14H2,1-4H3,(H,25,26). The van der Waals surface area contributed by atoms with Crippen molar-refractivity contribution in [1.29, 1.82) is 0 Å². The number of aliphatic carboxylic acids is 1. The second-order valence-electron chi connectivity index (χ2n) is 8.12. The first-order valence-corrected chi connectivity index (χ1v) is 11.0. The molecule has 0 saturated carbocycles. The molecule has 0 amide bonds. The minimum Gasteiger partial charge on any atom is -0.493 e. The van der Waals surface area contributed by atoms with E-state index in [0.29, 0.717) is 30.5 Å². The number of benzene rings is 2. The number of hydrogen-bond donors (Lipinski definition) is 2. The number of carboxylic acid groups (broad SMARTS) is 1. The van der Waals surface area contributed by atoms with Gasteiger partial charge in [-0.2, -0.15) is 0 Å². The summed E-state index contributed by atoms with van der Waals surface area (Å²) in [5.74, 6) is 1.82. The lowest BCUT2D eigenvalue weighted by Crippen LogP contribution is -2.33. The normalized spacial score (nSPS) is 18.8. The first-order valence-electron chi connectivity index (χ1n) is 9.93. The topological polar surface area (TPSA) is 77.0 Å². The van der Waals surface area contributed by atoms with Crippen molar-refractivity contribution in [2.45, 2.75) is 37.6 Å². The lowest BCUT2D eigenvalue weighted by molar-refractivity contribution is -0.138. The number of carbonyl (C=O) groups is 1. The van der Waals surface area contributed by atoms with E-state index in [1.807, 2.05) is 36.4 Å². The van der Waals surface area contributed by atoms with Crippen LogP contribution in [0.15, 0.2) is 42.5 Å². The van der Waals surface area contributed by atoms with Gasteiger partial charge in [0.1, 0.15) is 25.0 Å². The fourth-order valence-corrected chi connectivity index (χ4v) is 4.51. The highest BCUT2D eigenvalue weighted by molar-refractivity contribution is 7.99. The van der Waals surface area contributed by atoms with Gasteiger partial charge in [0.25, 0.3) is 0 Å². The zero-order valence-corrected chi connectivity index (χ0v) is 18.6. The van der Waals surface area contributed by atoms with Crippen LogP contribution < -0.4 is 19.5 Å². The SMILES string of the molecule is COc1cc(C2NC(C(=O)O)CS2)ccc1OCCOc1ccccc1C(C)(C)C. The molecule has 1 aliphatic rings. The lowest BCUT2D eigenvalue weighted by Gasteiger charge is -2.22. The van der Waals surface area contributed by atoms with E-state index in [9.17, 15) is 4.79 Å². The number of thioether (sulfide) groups is 1. The van der Waals surface area contributed by atoms with Crippen LogP contribution in [0, 0.1) is 0 Å². The predicted octanol–water partition coefficient (Wildman–Crippen LogP) is 4.24. The minimum absolute atomic E-state index is 0.00242. The Bertz CT molecular complexity index is 880. The van der Waals surface area contributed by atoms with Crippen LogP contribution in [0.4, 0.5) is 0 Å². The van der Waals surface area contributed by atoms with Crippen LogP contribution in [-0.2, 0) is 10.2 Å². The molecule has 2 N–H and O–H groups in total. The van der Waals surface area contributed by atoms with E-state index in [2.05, 4.69) is 32.2 Å². The zero-order chi connectivity index (χ0) is 21.7. The van der Waals surface area contributed by atoms with Crippen LogP contribution in [0.5, 0.6) is 17.2 Å². The van der Waals surface area contributed by atoms with Crippen molar-refractivity contribution in [3.05, 3.63) is 53.6 Å². The van der Waals surface area contributed by atoms with Crippen molar-refractivity contribution >= 4 is 17.7 Å². The smallest absolute Gasteiger partial charge is 0.321 e. The summed E-state index contributed by atoms with van der Waals surface area (Å²) in [5.41, 5.74) is 2.12. The van der Waals surface area contributed by atoms with Crippen molar-refractivity contribution in [3.63, 3.8) is 0 Å². The average molecular weight is 432 g/mol. The maximum absolute atomic E-state index is 11.1. The molecule has 0 aliphatic carbocycles. The van der Waals surface area contributed by atoms with Gasteiger partial charge in [-0.25, -0.2) is 0 Å². The Kier molecular flexibility index (Phi) is 7.15. The summed E-state index contributed by atoms with van der Waals surface area (Å²) in [5, 5.41) is 12.2. The fourth-order valence-electron chi connectivity index (χ4n) is 3.29. The molecule has 0 spiro atoms. The molecule has 30 heavy (non-hydrogen) atoms. The largest absolute Gasteiger partial charge is 0.493 e. The summed E-state index contributed by atoms with van der Waals surface area (Å²) in [4.78, 5) is 11.1. The predicted molar refractivity (Wildman–Crippen MR) is 119 cm³/mol. The van der Waals surface area contributed by atoms with Gasteiger partial charge in [-0.3, -0.25) is 10.1 Å². The zero-order valence-electron chi connectivity index (χ0n) is 17.8. The molecule has 1 aliphatic heterocycles. The summed E-state index contributed by atoms with van der Waals surface area (Å²) < 4.78 is 17.3. The van der Waals surface area contributed by atoms with E-state index in [1.54, 1.807) is 18.9 Å². The highest BCUT2D eigenvalue weighted by Gasteiger charge is 2.30. The molecule has 1 saturated heterocycles. The second-order valence-corrected chi connectivity index (χ2v) is 9.26. The molecule has 1 heterocycles. The van der Waals surface area contributed by atoms with Crippen LogP contribution >= 0.6 is 11.8 Å². The second kappa shape index (κ2) is 9.62. The molecular weight excluding hydrogens is 402 g/mol. The van der Waals surface area contributed by atoms with Gasteiger partial charge >= 0.3 is 5.97 Å². The number of para-hydroxylation sites is 1. The fraction of sp³-hybridized carbons (Fsp3) is 0.435. The third kappa shape index (κ3) is 5.40. The van der Waals surface area contributed by atoms with Crippen LogP contribution in [0.3, 0.4) is 0 Å². The van der Waals surface area contributed by atoms with Crippen LogP contribution in [0.1, 0.15) is 37.3 Å². The van der Waals surface area contributed by atoms with E-state index in [4.69, 9.17) is 19.3 Å². The molecule has 2 aromatic rings. The first kappa shape index (κ1) is 22.3. The third-order valence-corrected chi connectivity index (χ3v) is 6.13. The minimum atomic E-state index is -0.829. The third-order valence-electron chi connectivity index (χ3n) is 4.86. The number of carboxylic acids is 1. The maximum Gasteiger partial charge on any atom is 0.321 e. The highest BCUT2D eigenvalue weighted by Crippen LogP contribution is 2.37. The molecule has 2 atom stereocenters. The molecule has 3 rings (SSSR count). The van der Waals surface area contributed by atoms with Crippen molar-refractivity contribution < 1.29 is 24.1 Å². The number of rotatable bonds is 8. The molecule has 0 bridgehead atoms. The summed E-state index contributed by atoms with van der Waals surface area (Å²) in [6, 6.07) is 13.2. The molecule has 0 radical (unpaired) electrons. The van der Waals surface area contributed by atoms with E-state index in [-0.39, 0.29) is 10.8 Å². The molecule has 2 aromatic carbocycles. The van der Waals surface area contributed by atoms with E-state index >= 15 is 0 Å². The van der Waals surface area contributed by atoms with Crippen LogP contribution in [-0.4, -0.2) is 43.2 Å². The maximum atomic E-state index is 11.1. The van der Waals surface area contributed by atoms with Crippen molar-refractivity contribution in [3.8, 4) is 17.2 Å². The van der Waals surface area contributed by atoms with Gasteiger partial charge in [-0.05, 0) is 34.7 Å².